The number of hydrogen-bond acceptors (Lipinski definition) is 1. The van der Waals surface area contributed by atoms with E-state index in [4.69, 9.17) is 11.6 Å². The summed E-state index contributed by atoms with van der Waals surface area (Å²) in [5, 5.41) is 1.02. The molecule has 2 nitrogen and oxygen atoms in total. The number of benzene rings is 1. The molecule has 1 N–H and O–H groups in total. The molecule has 0 aliphatic rings. The van der Waals surface area contributed by atoms with Crippen LogP contribution in [0.2, 0.25) is 0 Å². The van der Waals surface area contributed by atoms with E-state index in [0.717, 1.165) is 22.0 Å². The molecule has 90 valence electrons. The standard InChI is InChI=1S/C14H16ClNO/c1-8(2)13(15)11-5-4-10-6-9(3)14(17)16-12(10)7-11/h4-8,13H,1-3H3,(H,16,17). The predicted octanol–water partition coefficient (Wildman–Crippen LogP) is 3.77. The Kier molecular flexibility index (Phi) is 3.25. The number of pyridine rings is 1. The Hall–Kier alpha value is -1.28. The third-order valence-electron chi connectivity index (χ3n) is 2.96. The molecule has 1 unspecified atom stereocenters. The van der Waals surface area contributed by atoms with Crippen LogP contribution in [0.4, 0.5) is 0 Å². The first-order chi connectivity index (χ1) is 7.99. The van der Waals surface area contributed by atoms with E-state index in [2.05, 4.69) is 18.8 Å². The van der Waals surface area contributed by atoms with Crippen molar-refractivity contribution in [3.8, 4) is 0 Å². The van der Waals surface area contributed by atoms with Gasteiger partial charge in [-0.1, -0.05) is 26.0 Å². The van der Waals surface area contributed by atoms with E-state index >= 15 is 0 Å². The van der Waals surface area contributed by atoms with Gasteiger partial charge in [0.1, 0.15) is 0 Å². The summed E-state index contributed by atoms with van der Waals surface area (Å²) in [6.45, 7) is 5.98. The molecule has 1 aromatic carbocycles. The fourth-order valence-electron chi connectivity index (χ4n) is 1.88. The lowest BCUT2D eigenvalue weighted by Gasteiger charge is -2.14. The highest BCUT2D eigenvalue weighted by Crippen LogP contribution is 2.29. The van der Waals surface area contributed by atoms with Gasteiger partial charge in [-0.25, -0.2) is 0 Å². The molecule has 2 aromatic rings. The monoisotopic (exact) mass is 249 g/mol. The Bertz CT molecular complexity index is 601. The highest BCUT2D eigenvalue weighted by atomic mass is 35.5. The first-order valence-electron chi connectivity index (χ1n) is 5.76. The Morgan fingerprint density at radius 2 is 1.94 bits per heavy atom. The lowest BCUT2D eigenvalue weighted by molar-refractivity contribution is 0.624. The topological polar surface area (TPSA) is 32.9 Å². The molecule has 1 heterocycles. The molecule has 1 atom stereocenters. The Balaban J connectivity index is 2.58. The fraction of sp³-hybridized carbons (Fsp3) is 0.357. The molecule has 2 rings (SSSR count). The molecule has 0 aliphatic heterocycles. The summed E-state index contributed by atoms with van der Waals surface area (Å²) in [6, 6.07) is 7.90. The molecule has 3 heteroatoms. The van der Waals surface area contributed by atoms with E-state index in [1.54, 1.807) is 0 Å². The fourth-order valence-corrected chi connectivity index (χ4v) is 2.02. The summed E-state index contributed by atoms with van der Waals surface area (Å²) in [4.78, 5) is 14.4. The van der Waals surface area contributed by atoms with Crippen molar-refractivity contribution in [2.45, 2.75) is 26.1 Å². The summed E-state index contributed by atoms with van der Waals surface area (Å²) in [5.74, 6) is 0.367. The zero-order valence-corrected chi connectivity index (χ0v) is 11.0. The quantitative estimate of drug-likeness (QED) is 0.808. The van der Waals surface area contributed by atoms with Crippen molar-refractivity contribution >= 4 is 22.5 Å². The van der Waals surface area contributed by atoms with Crippen molar-refractivity contribution in [1.82, 2.24) is 4.98 Å². The second-order valence-corrected chi connectivity index (χ2v) is 5.24. The molecule has 0 amide bonds. The largest absolute Gasteiger partial charge is 0.322 e. The molecule has 0 radical (unpaired) electrons. The summed E-state index contributed by atoms with van der Waals surface area (Å²) in [6.07, 6.45) is 0. The maximum absolute atomic E-state index is 11.6. The average Bonchev–Trinajstić information content (AvgIpc) is 2.29. The molecule has 0 aliphatic carbocycles. The van der Waals surface area contributed by atoms with Gasteiger partial charge < -0.3 is 4.98 Å². The van der Waals surface area contributed by atoms with E-state index < -0.39 is 0 Å². The van der Waals surface area contributed by atoms with Crippen molar-refractivity contribution < 1.29 is 0 Å². The van der Waals surface area contributed by atoms with Gasteiger partial charge in [0.25, 0.3) is 5.56 Å². The van der Waals surface area contributed by atoms with Crippen LogP contribution in [-0.4, -0.2) is 4.98 Å². The molecular formula is C14H16ClNO. The summed E-state index contributed by atoms with van der Waals surface area (Å²) in [5.41, 5.74) is 2.60. The Morgan fingerprint density at radius 1 is 1.24 bits per heavy atom. The van der Waals surface area contributed by atoms with Crippen LogP contribution in [0.3, 0.4) is 0 Å². The third kappa shape index (κ3) is 2.37. The van der Waals surface area contributed by atoms with Crippen molar-refractivity contribution in [2.24, 2.45) is 5.92 Å². The number of aromatic nitrogens is 1. The van der Waals surface area contributed by atoms with E-state index in [9.17, 15) is 4.79 Å². The number of fused-ring (bicyclic) bond motifs is 1. The maximum Gasteiger partial charge on any atom is 0.251 e. The number of hydrogen-bond donors (Lipinski definition) is 1. The molecule has 0 saturated carbocycles. The van der Waals surface area contributed by atoms with Crippen LogP contribution >= 0.6 is 11.6 Å². The van der Waals surface area contributed by atoms with Crippen LogP contribution in [0.25, 0.3) is 10.9 Å². The highest BCUT2D eigenvalue weighted by molar-refractivity contribution is 6.21. The second kappa shape index (κ2) is 4.53. The van der Waals surface area contributed by atoms with Crippen LogP contribution in [-0.2, 0) is 0 Å². The summed E-state index contributed by atoms with van der Waals surface area (Å²) in [7, 11) is 0. The number of H-pyrrole nitrogens is 1. The zero-order chi connectivity index (χ0) is 12.6. The Morgan fingerprint density at radius 3 is 2.59 bits per heavy atom. The first kappa shape index (κ1) is 12.2. The molecular weight excluding hydrogens is 234 g/mol. The third-order valence-corrected chi connectivity index (χ3v) is 3.72. The smallest absolute Gasteiger partial charge is 0.251 e. The molecule has 0 bridgehead atoms. The number of nitrogens with one attached hydrogen (secondary N) is 1. The number of aryl methyl sites for hydroxylation is 1. The second-order valence-electron chi connectivity index (χ2n) is 4.77. The van der Waals surface area contributed by atoms with Crippen LogP contribution < -0.4 is 5.56 Å². The van der Waals surface area contributed by atoms with Gasteiger partial charge in [-0.2, -0.15) is 0 Å². The van der Waals surface area contributed by atoms with E-state index in [1.807, 2.05) is 31.2 Å². The molecule has 17 heavy (non-hydrogen) atoms. The highest BCUT2D eigenvalue weighted by Gasteiger charge is 2.12. The molecule has 0 saturated heterocycles. The zero-order valence-electron chi connectivity index (χ0n) is 10.3. The minimum Gasteiger partial charge on any atom is -0.322 e. The van der Waals surface area contributed by atoms with Crippen molar-refractivity contribution in [3.05, 3.63) is 45.7 Å². The van der Waals surface area contributed by atoms with Gasteiger partial charge in [0.05, 0.1) is 5.38 Å². The summed E-state index contributed by atoms with van der Waals surface area (Å²) < 4.78 is 0. The predicted molar refractivity (Wildman–Crippen MR) is 72.7 cm³/mol. The van der Waals surface area contributed by atoms with Gasteiger partial charge in [-0.3, -0.25) is 4.79 Å². The van der Waals surface area contributed by atoms with Crippen molar-refractivity contribution in [1.29, 1.82) is 0 Å². The van der Waals surface area contributed by atoms with Crippen LogP contribution in [0, 0.1) is 12.8 Å². The van der Waals surface area contributed by atoms with Crippen LogP contribution in [0.1, 0.15) is 30.4 Å². The normalized spacial score (nSPS) is 13.2. The first-order valence-corrected chi connectivity index (χ1v) is 6.20. The lowest BCUT2D eigenvalue weighted by Crippen LogP contribution is -2.09. The lowest BCUT2D eigenvalue weighted by atomic mass is 10.0. The van der Waals surface area contributed by atoms with Gasteiger partial charge in [-0.15, -0.1) is 11.6 Å². The van der Waals surface area contributed by atoms with Gasteiger partial charge in [0, 0.05) is 11.1 Å². The van der Waals surface area contributed by atoms with E-state index in [0.29, 0.717) is 5.92 Å². The van der Waals surface area contributed by atoms with Crippen LogP contribution in [0.5, 0.6) is 0 Å². The molecule has 1 aromatic heterocycles. The molecule has 0 spiro atoms. The van der Waals surface area contributed by atoms with Crippen LogP contribution in [0.15, 0.2) is 29.1 Å². The number of rotatable bonds is 2. The van der Waals surface area contributed by atoms with Gasteiger partial charge in [0.2, 0.25) is 0 Å². The SMILES string of the molecule is Cc1cc2ccc(C(Cl)C(C)C)cc2[nH]c1=O. The van der Waals surface area contributed by atoms with Gasteiger partial charge >= 0.3 is 0 Å². The van der Waals surface area contributed by atoms with E-state index in [-0.39, 0.29) is 10.9 Å². The molecule has 0 fully saturated rings. The number of aromatic amines is 1. The van der Waals surface area contributed by atoms with Gasteiger partial charge in [0.15, 0.2) is 0 Å². The van der Waals surface area contributed by atoms with Crippen molar-refractivity contribution in [3.63, 3.8) is 0 Å². The van der Waals surface area contributed by atoms with E-state index in [1.165, 1.54) is 0 Å². The summed E-state index contributed by atoms with van der Waals surface area (Å²) >= 11 is 6.32. The number of alkyl halides is 1. The van der Waals surface area contributed by atoms with Crippen molar-refractivity contribution in [2.75, 3.05) is 0 Å². The Labute approximate surface area is 106 Å². The van der Waals surface area contributed by atoms with Gasteiger partial charge in [-0.05, 0) is 35.9 Å². The number of halogens is 1. The maximum atomic E-state index is 11.6. The minimum atomic E-state index is -0.0367. The average molecular weight is 250 g/mol. The minimum absolute atomic E-state index is 0.0239.